The maximum atomic E-state index is 6.01. The predicted octanol–water partition coefficient (Wildman–Crippen LogP) is 3.20. The molecule has 0 saturated heterocycles. The molecule has 2 aromatic rings. The zero-order valence-corrected chi connectivity index (χ0v) is 9.80. The first-order valence-corrected chi connectivity index (χ1v) is 5.22. The topological polar surface area (TPSA) is 25.8 Å². The molecule has 1 heterocycles. The summed E-state index contributed by atoms with van der Waals surface area (Å²) in [4.78, 5) is 8.41. The molecule has 0 aliphatic rings. The van der Waals surface area contributed by atoms with Crippen LogP contribution >= 0.6 is 34.2 Å². The van der Waals surface area contributed by atoms with Crippen molar-refractivity contribution in [3.63, 3.8) is 0 Å². The van der Waals surface area contributed by atoms with E-state index in [4.69, 9.17) is 11.6 Å². The third-order valence-electron chi connectivity index (χ3n) is 1.74. The third-order valence-corrected chi connectivity index (χ3v) is 2.91. The number of hydrogen-bond donors (Lipinski definition) is 0. The second-order valence-electron chi connectivity index (χ2n) is 2.70. The number of benzene rings is 1. The molecule has 0 fully saturated rings. The Kier molecular flexibility index (Phi) is 2.38. The van der Waals surface area contributed by atoms with Gasteiger partial charge in [-0.15, -0.1) is 0 Å². The minimum atomic E-state index is 0.535. The van der Waals surface area contributed by atoms with E-state index in [0.717, 1.165) is 14.5 Å². The van der Waals surface area contributed by atoms with E-state index in [1.165, 1.54) is 0 Å². The van der Waals surface area contributed by atoms with Crippen molar-refractivity contribution in [2.45, 2.75) is 6.92 Å². The number of aromatic nitrogens is 2. The minimum Gasteiger partial charge on any atom is -0.233 e. The molecule has 4 heteroatoms. The molecule has 0 radical (unpaired) electrons. The van der Waals surface area contributed by atoms with E-state index in [0.29, 0.717) is 11.0 Å². The van der Waals surface area contributed by atoms with Gasteiger partial charge in [0.25, 0.3) is 0 Å². The monoisotopic (exact) mass is 304 g/mol. The molecule has 0 unspecified atom stereocenters. The number of hydrogen-bond acceptors (Lipinski definition) is 2. The molecule has 13 heavy (non-hydrogen) atoms. The lowest BCUT2D eigenvalue weighted by Gasteiger charge is -2.02. The van der Waals surface area contributed by atoms with Gasteiger partial charge in [-0.1, -0.05) is 17.7 Å². The van der Waals surface area contributed by atoms with Crippen LogP contribution < -0.4 is 0 Å². The van der Waals surface area contributed by atoms with Gasteiger partial charge >= 0.3 is 0 Å². The van der Waals surface area contributed by atoms with Gasteiger partial charge in [0, 0.05) is 3.57 Å². The molecule has 0 aliphatic heterocycles. The van der Waals surface area contributed by atoms with Crippen LogP contribution in [-0.4, -0.2) is 9.97 Å². The molecule has 0 spiro atoms. The molecule has 0 bridgehead atoms. The fourth-order valence-corrected chi connectivity index (χ4v) is 2.43. The van der Waals surface area contributed by atoms with E-state index in [2.05, 4.69) is 32.6 Å². The first kappa shape index (κ1) is 9.15. The summed E-state index contributed by atoms with van der Waals surface area (Å²) < 4.78 is 1.08. The Hall–Kier alpha value is -0.420. The largest absolute Gasteiger partial charge is 0.233 e. The third kappa shape index (κ3) is 1.62. The van der Waals surface area contributed by atoms with Crippen LogP contribution in [0.4, 0.5) is 0 Å². The highest BCUT2D eigenvalue weighted by atomic mass is 127. The minimum absolute atomic E-state index is 0.535. The Morgan fingerprint density at radius 1 is 1.31 bits per heavy atom. The van der Waals surface area contributed by atoms with E-state index in [9.17, 15) is 0 Å². The molecule has 0 amide bonds. The maximum Gasteiger partial charge on any atom is 0.141 e. The summed E-state index contributed by atoms with van der Waals surface area (Å²) >= 11 is 8.24. The second-order valence-corrected chi connectivity index (χ2v) is 4.22. The molecule has 0 saturated carbocycles. The molecular formula is C9H6ClIN2. The number of halogens is 2. The van der Waals surface area contributed by atoms with E-state index in [1.54, 1.807) is 0 Å². The van der Waals surface area contributed by atoms with Crippen LogP contribution in [0.2, 0.25) is 5.15 Å². The molecule has 2 nitrogen and oxygen atoms in total. The normalized spacial score (nSPS) is 10.7. The van der Waals surface area contributed by atoms with Crippen LogP contribution in [0.3, 0.4) is 0 Å². The Balaban J connectivity index is 2.94. The first-order chi connectivity index (χ1) is 6.18. The zero-order chi connectivity index (χ0) is 9.42. The Morgan fingerprint density at radius 2 is 2.08 bits per heavy atom. The summed E-state index contributed by atoms with van der Waals surface area (Å²) in [5.41, 5.74) is 0.907. The SMILES string of the molecule is Cc1nc(Cl)c2c(I)cccc2n1. The summed E-state index contributed by atoms with van der Waals surface area (Å²) in [6.07, 6.45) is 0. The van der Waals surface area contributed by atoms with Gasteiger partial charge in [-0.2, -0.15) is 0 Å². The lowest BCUT2D eigenvalue weighted by atomic mass is 10.2. The Labute approximate surface area is 94.5 Å². The highest BCUT2D eigenvalue weighted by Crippen LogP contribution is 2.25. The fraction of sp³-hybridized carbons (Fsp3) is 0.111. The summed E-state index contributed by atoms with van der Waals surface area (Å²) in [5, 5.41) is 1.47. The van der Waals surface area contributed by atoms with Gasteiger partial charge in [-0.05, 0) is 41.6 Å². The molecular weight excluding hydrogens is 298 g/mol. The van der Waals surface area contributed by atoms with Gasteiger partial charge in [0.15, 0.2) is 0 Å². The molecule has 0 N–H and O–H groups in total. The van der Waals surface area contributed by atoms with Gasteiger partial charge in [-0.3, -0.25) is 0 Å². The Bertz CT molecular complexity index is 470. The molecule has 1 aromatic carbocycles. The molecule has 0 atom stereocenters. The van der Waals surface area contributed by atoms with E-state index in [1.807, 2.05) is 25.1 Å². The number of rotatable bonds is 0. The van der Waals surface area contributed by atoms with Crippen molar-refractivity contribution < 1.29 is 0 Å². The summed E-state index contributed by atoms with van der Waals surface area (Å²) in [7, 11) is 0. The summed E-state index contributed by atoms with van der Waals surface area (Å²) in [6.45, 7) is 1.84. The van der Waals surface area contributed by atoms with E-state index >= 15 is 0 Å². The van der Waals surface area contributed by atoms with Crippen LogP contribution in [-0.2, 0) is 0 Å². The van der Waals surface area contributed by atoms with Gasteiger partial charge in [0.1, 0.15) is 11.0 Å². The van der Waals surface area contributed by atoms with Crippen LogP contribution in [0.25, 0.3) is 10.9 Å². The van der Waals surface area contributed by atoms with E-state index < -0.39 is 0 Å². The number of fused-ring (bicyclic) bond motifs is 1. The van der Waals surface area contributed by atoms with Crippen molar-refractivity contribution in [2.24, 2.45) is 0 Å². The number of nitrogens with zero attached hydrogens (tertiary/aromatic N) is 2. The molecule has 2 rings (SSSR count). The van der Waals surface area contributed by atoms with Crippen molar-refractivity contribution in [2.75, 3.05) is 0 Å². The lowest BCUT2D eigenvalue weighted by molar-refractivity contribution is 1.09. The number of aryl methyl sites for hydroxylation is 1. The molecule has 1 aromatic heterocycles. The quantitative estimate of drug-likeness (QED) is 0.552. The van der Waals surface area contributed by atoms with E-state index in [-0.39, 0.29) is 0 Å². The second kappa shape index (κ2) is 3.38. The summed E-state index contributed by atoms with van der Waals surface area (Å²) in [5.74, 6) is 0.708. The zero-order valence-electron chi connectivity index (χ0n) is 6.88. The lowest BCUT2D eigenvalue weighted by Crippen LogP contribution is -1.91. The maximum absolute atomic E-state index is 6.01. The van der Waals surface area contributed by atoms with Gasteiger partial charge in [0.2, 0.25) is 0 Å². The van der Waals surface area contributed by atoms with Gasteiger partial charge < -0.3 is 0 Å². The summed E-state index contributed by atoms with van der Waals surface area (Å²) in [6, 6.07) is 5.90. The van der Waals surface area contributed by atoms with Crippen LogP contribution in [0.5, 0.6) is 0 Å². The molecule has 0 aliphatic carbocycles. The molecule has 66 valence electrons. The Morgan fingerprint density at radius 3 is 2.85 bits per heavy atom. The van der Waals surface area contributed by atoms with Crippen LogP contribution in [0.1, 0.15) is 5.82 Å². The standard InChI is InChI=1S/C9H6ClIN2/c1-5-12-7-4-2-3-6(11)8(7)9(10)13-5/h2-4H,1H3. The van der Waals surface area contributed by atoms with Crippen molar-refractivity contribution in [1.82, 2.24) is 9.97 Å². The highest BCUT2D eigenvalue weighted by molar-refractivity contribution is 14.1. The van der Waals surface area contributed by atoms with Gasteiger partial charge in [0.05, 0.1) is 10.9 Å². The van der Waals surface area contributed by atoms with Crippen molar-refractivity contribution >= 4 is 45.1 Å². The van der Waals surface area contributed by atoms with Gasteiger partial charge in [-0.25, -0.2) is 9.97 Å². The van der Waals surface area contributed by atoms with Crippen molar-refractivity contribution in [3.8, 4) is 0 Å². The van der Waals surface area contributed by atoms with Crippen molar-refractivity contribution in [1.29, 1.82) is 0 Å². The van der Waals surface area contributed by atoms with Crippen molar-refractivity contribution in [3.05, 3.63) is 32.7 Å². The predicted molar refractivity (Wildman–Crippen MR) is 62.0 cm³/mol. The first-order valence-electron chi connectivity index (χ1n) is 3.77. The van der Waals surface area contributed by atoms with Crippen LogP contribution in [0.15, 0.2) is 18.2 Å². The average Bonchev–Trinajstić information content (AvgIpc) is 2.02. The fourth-order valence-electron chi connectivity index (χ4n) is 1.21. The average molecular weight is 305 g/mol. The van der Waals surface area contributed by atoms with Crippen LogP contribution in [0, 0.1) is 10.5 Å². The highest BCUT2D eigenvalue weighted by Gasteiger charge is 2.05. The smallest absolute Gasteiger partial charge is 0.141 e.